The number of ether oxygens (including phenoxy) is 1. The number of benzene rings is 1. The Balaban J connectivity index is 2.00. The van der Waals surface area contributed by atoms with Gasteiger partial charge in [0.15, 0.2) is 11.7 Å². The highest BCUT2D eigenvalue weighted by molar-refractivity contribution is 5.79. The lowest BCUT2D eigenvalue weighted by molar-refractivity contribution is 0.184. The van der Waals surface area contributed by atoms with Crippen LogP contribution in [0, 0.1) is 0 Å². The zero-order valence-corrected chi connectivity index (χ0v) is 16.9. The molecule has 0 unspecified atom stereocenters. The number of guanidine groups is 1. The fourth-order valence-corrected chi connectivity index (χ4v) is 3.00. The number of nitrogens with one attached hydrogen (secondary N) is 2. The van der Waals surface area contributed by atoms with Crippen LogP contribution in [0.5, 0.6) is 0 Å². The van der Waals surface area contributed by atoms with E-state index in [4.69, 9.17) is 14.3 Å². The Hall–Kier alpha value is -2.34. The minimum absolute atomic E-state index is 0.460. The van der Waals surface area contributed by atoms with Crippen molar-refractivity contribution < 1.29 is 9.26 Å². The molecule has 27 heavy (non-hydrogen) atoms. The molecule has 2 N–H and O–H groups in total. The molecule has 1 aromatic heterocycles. The van der Waals surface area contributed by atoms with Crippen molar-refractivity contribution in [1.82, 2.24) is 15.8 Å². The van der Waals surface area contributed by atoms with Crippen LogP contribution < -0.4 is 10.6 Å². The molecular weight excluding hydrogens is 340 g/mol. The second kappa shape index (κ2) is 11.4. The van der Waals surface area contributed by atoms with Crippen molar-refractivity contribution in [2.45, 2.75) is 59.2 Å². The van der Waals surface area contributed by atoms with Crippen LogP contribution in [0.25, 0.3) is 0 Å². The van der Waals surface area contributed by atoms with Gasteiger partial charge in [0.1, 0.15) is 0 Å². The molecule has 1 aromatic carbocycles. The van der Waals surface area contributed by atoms with Crippen LogP contribution in [0.1, 0.15) is 62.1 Å². The molecule has 0 fully saturated rings. The molecule has 0 saturated carbocycles. The molecule has 0 spiro atoms. The molecule has 0 amide bonds. The third kappa shape index (κ3) is 6.40. The number of aliphatic imine (C=N–C) groups is 1. The molecule has 0 saturated heterocycles. The van der Waals surface area contributed by atoms with Gasteiger partial charge in [-0.15, -0.1) is 0 Å². The number of aromatic nitrogens is 1. The normalized spacial score (nSPS) is 11.8. The molecule has 148 valence electrons. The van der Waals surface area contributed by atoms with Crippen molar-refractivity contribution >= 4 is 5.96 Å². The highest BCUT2D eigenvalue weighted by Gasteiger charge is 2.13. The summed E-state index contributed by atoms with van der Waals surface area (Å²) in [5, 5.41) is 10.8. The van der Waals surface area contributed by atoms with Crippen molar-refractivity contribution in [3.8, 4) is 0 Å². The number of nitrogens with zero attached hydrogens (tertiary/aromatic N) is 2. The van der Waals surface area contributed by atoms with Crippen molar-refractivity contribution in [2.75, 3.05) is 13.7 Å². The topological polar surface area (TPSA) is 71.7 Å². The minimum Gasteiger partial charge on any atom is -0.380 e. The first-order chi connectivity index (χ1) is 13.2. The van der Waals surface area contributed by atoms with Gasteiger partial charge in [-0.3, -0.25) is 0 Å². The van der Waals surface area contributed by atoms with Gasteiger partial charge >= 0.3 is 0 Å². The maximum absolute atomic E-state index is 5.48. The van der Waals surface area contributed by atoms with E-state index in [9.17, 15) is 0 Å². The zero-order valence-electron chi connectivity index (χ0n) is 16.9. The van der Waals surface area contributed by atoms with Crippen molar-refractivity contribution in [2.24, 2.45) is 4.99 Å². The van der Waals surface area contributed by atoms with E-state index in [0.29, 0.717) is 25.6 Å². The van der Waals surface area contributed by atoms with Gasteiger partial charge in [0, 0.05) is 25.6 Å². The molecule has 0 aliphatic carbocycles. The summed E-state index contributed by atoms with van der Waals surface area (Å²) in [5.74, 6) is 2.04. The quantitative estimate of drug-likeness (QED) is 0.487. The number of hydrogen-bond donors (Lipinski definition) is 2. The van der Waals surface area contributed by atoms with Crippen molar-refractivity contribution in [3.05, 3.63) is 52.9 Å². The fraction of sp³-hybridized carbons (Fsp3) is 0.524. The first-order valence-corrected chi connectivity index (χ1v) is 9.75. The van der Waals surface area contributed by atoms with Gasteiger partial charge in [-0.2, -0.15) is 0 Å². The third-order valence-corrected chi connectivity index (χ3v) is 4.58. The third-order valence-electron chi connectivity index (χ3n) is 4.58. The second-order valence-electron chi connectivity index (χ2n) is 6.48. The molecular formula is C21H32N4O2. The Morgan fingerprint density at radius 3 is 2.56 bits per heavy atom. The van der Waals surface area contributed by atoms with Crippen LogP contribution in [0.3, 0.4) is 0 Å². The minimum atomic E-state index is 0.460. The van der Waals surface area contributed by atoms with Crippen LogP contribution in [0.15, 0.2) is 39.8 Å². The maximum atomic E-state index is 5.48. The molecule has 0 radical (unpaired) electrons. The Labute approximate surface area is 162 Å². The summed E-state index contributed by atoms with van der Waals surface area (Å²) >= 11 is 0. The zero-order chi connectivity index (χ0) is 19.5. The average Bonchev–Trinajstić information content (AvgIpc) is 3.15. The average molecular weight is 373 g/mol. The highest BCUT2D eigenvalue weighted by Crippen LogP contribution is 2.22. The molecule has 0 aliphatic rings. The smallest absolute Gasteiger partial charge is 0.191 e. The number of rotatable bonds is 10. The van der Waals surface area contributed by atoms with E-state index in [0.717, 1.165) is 47.9 Å². The maximum Gasteiger partial charge on any atom is 0.191 e. The van der Waals surface area contributed by atoms with Crippen LogP contribution in [0.4, 0.5) is 0 Å². The van der Waals surface area contributed by atoms with Crippen molar-refractivity contribution in [3.63, 3.8) is 0 Å². The molecule has 0 bridgehead atoms. The molecule has 0 aliphatic heterocycles. The highest BCUT2D eigenvalue weighted by atomic mass is 16.5. The summed E-state index contributed by atoms with van der Waals surface area (Å²) in [6.45, 7) is 8.93. The lowest BCUT2D eigenvalue weighted by atomic mass is 9.99. The Morgan fingerprint density at radius 2 is 1.89 bits per heavy atom. The van der Waals surface area contributed by atoms with E-state index in [1.807, 2.05) is 18.2 Å². The molecule has 2 aromatic rings. The van der Waals surface area contributed by atoms with Gasteiger partial charge < -0.3 is 19.9 Å². The Morgan fingerprint density at radius 1 is 1.15 bits per heavy atom. The standard InChI is InChI=1S/C21H32N4O2/c1-5-16(6-2)20-12-19(27-25-20)14-24-21(22-7-3)23-13-17-10-8-9-11-18(17)15-26-4/h8-12,16H,5-7,13-15H2,1-4H3,(H2,22,23,24). The van der Waals surface area contributed by atoms with Gasteiger partial charge in [-0.25, -0.2) is 4.99 Å². The van der Waals surface area contributed by atoms with Gasteiger partial charge in [-0.05, 0) is 30.9 Å². The first kappa shape index (κ1) is 21.0. The fourth-order valence-electron chi connectivity index (χ4n) is 3.00. The lowest BCUT2D eigenvalue weighted by Crippen LogP contribution is -2.36. The Bertz CT molecular complexity index is 708. The largest absolute Gasteiger partial charge is 0.380 e. The Kier molecular flexibility index (Phi) is 8.84. The van der Waals surface area contributed by atoms with E-state index in [1.165, 1.54) is 0 Å². The molecule has 1 heterocycles. The van der Waals surface area contributed by atoms with Gasteiger partial charge in [0.05, 0.1) is 25.4 Å². The van der Waals surface area contributed by atoms with Crippen LogP contribution in [-0.4, -0.2) is 24.8 Å². The molecule has 6 heteroatoms. The second-order valence-corrected chi connectivity index (χ2v) is 6.48. The summed E-state index contributed by atoms with van der Waals surface area (Å²) in [4.78, 5) is 4.69. The van der Waals surface area contributed by atoms with E-state index < -0.39 is 0 Å². The SMILES string of the molecule is CCNC(=NCc1ccccc1COC)NCc1cc(C(CC)CC)no1. The summed E-state index contributed by atoms with van der Waals surface area (Å²) in [7, 11) is 1.71. The van der Waals surface area contributed by atoms with Crippen molar-refractivity contribution in [1.29, 1.82) is 0 Å². The summed E-state index contributed by atoms with van der Waals surface area (Å²) in [6.07, 6.45) is 2.14. The van der Waals surface area contributed by atoms with E-state index in [-0.39, 0.29) is 0 Å². The van der Waals surface area contributed by atoms with Crippen LogP contribution in [-0.2, 0) is 24.4 Å². The van der Waals surface area contributed by atoms with Gasteiger partial charge in [0.2, 0.25) is 0 Å². The van der Waals surface area contributed by atoms with E-state index in [1.54, 1.807) is 7.11 Å². The van der Waals surface area contributed by atoms with E-state index >= 15 is 0 Å². The lowest BCUT2D eigenvalue weighted by Gasteiger charge is -2.11. The molecule has 2 rings (SSSR count). The van der Waals surface area contributed by atoms with Crippen LogP contribution >= 0.6 is 0 Å². The number of hydrogen-bond acceptors (Lipinski definition) is 4. The first-order valence-electron chi connectivity index (χ1n) is 9.75. The monoisotopic (exact) mass is 372 g/mol. The number of methoxy groups -OCH3 is 1. The predicted octanol–water partition coefficient (Wildman–Crippen LogP) is 3.98. The predicted molar refractivity (Wildman–Crippen MR) is 109 cm³/mol. The summed E-state index contributed by atoms with van der Waals surface area (Å²) in [5.41, 5.74) is 3.35. The van der Waals surface area contributed by atoms with Crippen LogP contribution in [0.2, 0.25) is 0 Å². The molecule has 6 nitrogen and oxygen atoms in total. The molecule has 0 atom stereocenters. The van der Waals surface area contributed by atoms with Gasteiger partial charge in [-0.1, -0.05) is 43.3 Å². The summed E-state index contributed by atoms with van der Waals surface area (Å²) < 4.78 is 10.7. The van der Waals surface area contributed by atoms with E-state index in [2.05, 4.69) is 48.7 Å². The summed E-state index contributed by atoms with van der Waals surface area (Å²) in [6, 6.07) is 10.2. The van der Waals surface area contributed by atoms with Gasteiger partial charge in [0.25, 0.3) is 0 Å².